The minimum Gasteiger partial charge on any atom is -0.460 e. The highest BCUT2D eigenvalue weighted by atomic mass is 19.4. The molecule has 1 aliphatic rings. The molecule has 1 rings (SSSR count). The van der Waals surface area contributed by atoms with Crippen molar-refractivity contribution in [3.05, 3.63) is 35.6 Å². The zero-order chi connectivity index (χ0) is 29.0. The van der Waals surface area contributed by atoms with Gasteiger partial charge in [0.05, 0.1) is 6.04 Å². The van der Waals surface area contributed by atoms with Gasteiger partial charge in [0.15, 0.2) is 0 Å². The fourth-order valence-corrected chi connectivity index (χ4v) is 3.37. The van der Waals surface area contributed by atoms with Crippen LogP contribution in [0.3, 0.4) is 0 Å². The standard InChI is InChI=1S/C23H35F3N2O.C6H12O2/c1-7-19(16-22(4,5)8-2)27-21(23(24,25)26)15-17(3)18(12-14-29)11-13-28(6)20-9-10-20;1-5(7)8-6(2,3)4/h11-15,19-20H,7-10,16H2,1-6H3;1-4H3/b13-11-,17-15+,18-12+,27-21?;/t19-;/m1./s1. The van der Waals surface area contributed by atoms with Crippen molar-refractivity contribution < 1.29 is 27.5 Å². The summed E-state index contributed by atoms with van der Waals surface area (Å²) in [5.74, 6) is -0.225. The summed E-state index contributed by atoms with van der Waals surface area (Å²) in [6.45, 7) is 16.5. The fraction of sp³-hybridized carbons (Fsp3) is 0.690. The summed E-state index contributed by atoms with van der Waals surface area (Å²) in [7, 11) is 1.93. The number of carbonyl (C=O) groups is 2. The normalized spacial score (nSPS) is 16.7. The Morgan fingerprint density at radius 2 is 1.68 bits per heavy atom. The Morgan fingerprint density at radius 1 is 1.11 bits per heavy atom. The van der Waals surface area contributed by atoms with Crippen LogP contribution in [0.1, 0.15) is 94.4 Å². The van der Waals surface area contributed by atoms with Crippen molar-refractivity contribution in [2.75, 3.05) is 7.05 Å². The van der Waals surface area contributed by atoms with Crippen LogP contribution >= 0.6 is 0 Å². The van der Waals surface area contributed by atoms with E-state index in [0.29, 0.717) is 36.3 Å². The number of halogens is 3. The van der Waals surface area contributed by atoms with Gasteiger partial charge in [0, 0.05) is 20.0 Å². The Bertz CT molecular complexity index is 859. The lowest BCUT2D eigenvalue weighted by Crippen LogP contribution is -2.26. The lowest BCUT2D eigenvalue weighted by Gasteiger charge is -2.26. The van der Waals surface area contributed by atoms with E-state index < -0.39 is 17.9 Å². The lowest BCUT2D eigenvalue weighted by molar-refractivity contribution is -0.151. The van der Waals surface area contributed by atoms with Crippen molar-refractivity contribution >= 4 is 18.0 Å². The van der Waals surface area contributed by atoms with Gasteiger partial charge in [0.1, 0.15) is 17.6 Å². The summed E-state index contributed by atoms with van der Waals surface area (Å²) in [6, 6.07) is 0.0771. The van der Waals surface area contributed by atoms with Crippen molar-refractivity contribution in [3.63, 3.8) is 0 Å². The maximum atomic E-state index is 13.7. The maximum absolute atomic E-state index is 13.7. The van der Waals surface area contributed by atoms with Gasteiger partial charge in [-0.25, -0.2) is 0 Å². The molecule has 0 aromatic rings. The molecule has 0 N–H and O–H groups in total. The predicted octanol–water partition coefficient (Wildman–Crippen LogP) is 7.62. The summed E-state index contributed by atoms with van der Waals surface area (Å²) in [4.78, 5) is 27.3. The molecule has 37 heavy (non-hydrogen) atoms. The van der Waals surface area contributed by atoms with Gasteiger partial charge < -0.3 is 9.64 Å². The quantitative estimate of drug-likeness (QED) is 0.0910. The van der Waals surface area contributed by atoms with Crippen LogP contribution in [-0.2, 0) is 14.3 Å². The molecule has 5 nitrogen and oxygen atoms in total. The Labute approximate surface area is 221 Å². The van der Waals surface area contributed by atoms with Crippen LogP contribution in [0.5, 0.6) is 0 Å². The molecule has 0 spiro atoms. The molecule has 0 saturated heterocycles. The number of ether oxygens (including phenoxy) is 1. The van der Waals surface area contributed by atoms with Crippen LogP contribution in [0.25, 0.3) is 0 Å². The third-order valence-corrected chi connectivity index (χ3v) is 5.95. The Kier molecular flexibility index (Phi) is 14.2. The van der Waals surface area contributed by atoms with Gasteiger partial charge in [-0.3, -0.25) is 14.6 Å². The zero-order valence-corrected chi connectivity index (χ0v) is 24.3. The number of allylic oxidation sites excluding steroid dienone is 5. The highest BCUT2D eigenvalue weighted by Crippen LogP contribution is 2.30. The molecule has 0 aromatic carbocycles. The molecule has 0 radical (unpaired) electrons. The number of hydrogen-bond donors (Lipinski definition) is 0. The molecule has 1 fully saturated rings. The van der Waals surface area contributed by atoms with Crippen molar-refractivity contribution in [1.82, 2.24) is 4.90 Å². The SMILES string of the molecule is CC(=O)OC(C)(C)C.CC[C@H](CC(C)(C)CC)N=C(/C=C(C)/C(/C=C\N(C)C1CC1)=C/C=O)C(F)(F)F. The average molecular weight is 529 g/mol. The van der Waals surface area contributed by atoms with E-state index in [1.54, 1.807) is 13.0 Å². The van der Waals surface area contributed by atoms with Crippen LogP contribution < -0.4 is 0 Å². The molecule has 1 saturated carbocycles. The van der Waals surface area contributed by atoms with Crippen molar-refractivity contribution in [3.8, 4) is 0 Å². The number of nitrogens with zero attached hydrogens (tertiary/aromatic N) is 2. The van der Waals surface area contributed by atoms with Crippen LogP contribution in [0.2, 0.25) is 0 Å². The fourth-order valence-electron chi connectivity index (χ4n) is 3.37. The van der Waals surface area contributed by atoms with Gasteiger partial charge in [-0.2, -0.15) is 13.2 Å². The number of aliphatic imine (C=N–C) groups is 1. The Balaban J connectivity index is 0.00000139. The minimum absolute atomic E-state index is 0.0711. The third-order valence-electron chi connectivity index (χ3n) is 5.95. The van der Waals surface area contributed by atoms with E-state index >= 15 is 0 Å². The molecule has 0 aromatic heterocycles. The highest BCUT2D eigenvalue weighted by molar-refractivity contribution is 6.00. The molecule has 0 unspecified atom stereocenters. The van der Waals surface area contributed by atoms with Crippen LogP contribution in [0, 0.1) is 5.41 Å². The van der Waals surface area contributed by atoms with E-state index in [9.17, 15) is 22.8 Å². The smallest absolute Gasteiger partial charge is 0.432 e. The largest absolute Gasteiger partial charge is 0.460 e. The van der Waals surface area contributed by atoms with Crippen molar-refractivity contribution in [1.29, 1.82) is 0 Å². The van der Waals surface area contributed by atoms with Gasteiger partial charge in [-0.05, 0) is 94.4 Å². The monoisotopic (exact) mass is 528 g/mol. The molecule has 0 amide bonds. The lowest BCUT2D eigenvalue weighted by atomic mass is 9.83. The van der Waals surface area contributed by atoms with Gasteiger partial charge in [-0.1, -0.05) is 34.1 Å². The highest BCUT2D eigenvalue weighted by Gasteiger charge is 2.35. The molecule has 8 heteroatoms. The molecule has 0 bridgehead atoms. The van der Waals surface area contributed by atoms with Crippen LogP contribution in [0.4, 0.5) is 13.2 Å². The topological polar surface area (TPSA) is 59.0 Å². The van der Waals surface area contributed by atoms with E-state index in [1.807, 2.05) is 66.6 Å². The van der Waals surface area contributed by atoms with Crippen LogP contribution in [-0.4, -0.2) is 53.8 Å². The molecular formula is C29H47F3N2O3. The number of esters is 1. The number of alkyl halides is 3. The first kappa shape index (κ1) is 34.6. The summed E-state index contributed by atoms with van der Waals surface area (Å²) in [5, 5.41) is 0. The molecule has 1 aliphatic carbocycles. The first-order valence-electron chi connectivity index (χ1n) is 12.9. The van der Waals surface area contributed by atoms with E-state index in [2.05, 4.69) is 4.99 Å². The summed E-state index contributed by atoms with van der Waals surface area (Å²) < 4.78 is 45.8. The second-order valence-electron chi connectivity index (χ2n) is 11.3. The first-order valence-corrected chi connectivity index (χ1v) is 12.9. The van der Waals surface area contributed by atoms with E-state index in [-0.39, 0.29) is 17.0 Å². The minimum atomic E-state index is -4.55. The molecule has 0 heterocycles. The molecule has 212 valence electrons. The van der Waals surface area contributed by atoms with Crippen molar-refractivity contribution in [2.24, 2.45) is 10.4 Å². The van der Waals surface area contributed by atoms with Gasteiger partial charge in [-0.15, -0.1) is 0 Å². The average Bonchev–Trinajstić information content (AvgIpc) is 3.58. The Hall–Kier alpha value is -2.38. The molecule has 1 atom stereocenters. The van der Waals surface area contributed by atoms with Crippen LogP contribution in [0.15, 0.2) is 40.6 Å². The van der Waals surface area contributed by atoms with Gasteiger partial charge >= 0.3 is 12.1 Å². The Morgan fingerprint density at radius 3 is 2.03 bits per heavy atom. The number of carbonyl (C=O) groups excluding carboxylic acids is 2. The second kappa shape index (κ2) is 15.1. The van der Waals surface area contributed by atoms with E-state index in [4.69, 9.17) is 4.74 Å². The summed E-state index contributed by atoms with van der Waals surface area (Å²) in [5.41, 5.74) is -0.483. The van der Waals surface area contributed by atoms with Gasteiger partial charge in [0.25, 0.3) is 0 Å². The number of rotatable bonds is 11. The first-order chi connectivity index (χ1) is 16.8. The maximum Gasteiger partial charge on any atom is 0.432 e. The molecule has 0 aliphatic heterocycles. The zero-order valence-electron chi connectivity index (χ0n) is 24.3. The van der Waals surface area contributed by atoms with Gasteiger partial charge in [0.2, 0.25) is 0 Å². The predicted molar refractivity (Wildman–Crippen MR) is 146 cm³/mol. The number of aldehydes is 1. The summed E-state index contributed by atoms with van der Waals surface area (Å²) in [6.07, 6.45) is 6.11. The third kappa shape index (κ3) is 16.2. The second-order valence-corrected chi connectivity index (χ2v) is 11.3. The van der Waals surface area contributed by atoms with E-state index in [0.717, 1.165) is 25.3 Å². The number of hydrogen-bond acceptors (Lipinski definition) is 5. The van der Waals surface area contributed by atoms with E-state index in [1.165, 1.54) is 13.0 Å². The van der Waals surface area contributed by atoms with Crippen molar-refractivity contribution in [2.45, 2.75) is 118 Å². The summed E-state index contributed by atoms with van der Waals surface area (Å²) >= 11 is 0. The molecular weight excluding hydrogens is 481 g/mol.